The molecule has 2 N–H and O–H groups in total. The maximum absolute atomic E-state index is 12.3. The molecule has 224 valence electrons. The van der Waals surface area contributed by atoms with Gasteiger partial charge in [0, 0.05) is 76.7 Å². The highest BCUT2D eigenvalue weighted by Crippen LogP contribution is 2.36. The first-order chi connectivity index (χ1) is 19.6. The predicted molar refractivity (Wildman–Crippen MR) is 160 cm³/mol. The number of hydrogen-bond acceptors (Lipinski definition) is 10. The van der Waals surface area contributed by atoms with E-state index in [1.165, 1.54) is 0 Å². The number of benzene rings is 1. The average Bonchev–Trinajstić information content (AvgIpc) is 2.95. The molecule has 3 aliphatic rings. The van der Waals surface area contributed by atoms with Crippen molar-refractivity contribution in [3.8, 4) is 5.75 Å². The first kappa shape index (κ1) is 29.5. The lowest BCUT2D eigenvalue weighted by molar-refractivity contribution is -0.0704. The molecule has 0 radical (unpaired) electrons. The molecule has 1 amide bonds. The predicted octanol–water partition coefficient (Wildman–Crippen LogP) is 3.52. The van der Waals surface area contributed by atoms with Gasteiger partial charge in [-0.1, -0.05) is 17.7 Å². The maximum Gasteiger partial charge on any atom is 0.410 e. The van der Waals surface area contributed by atoms with Crippen LogP contribution in [0.4, 0.5) is 22.0 Å². The zero-order valence-electron chi connectivity index (χ0n) is 24.4. The molecule has 11 nitrogen and oxygen atoms in total. The number of carbonyl (C=O) groups excluding carboxylic acids is 1. The maximum atomic E-state index is 12.3. The van der Waals surface area contributed by atoms with Gasteiger partial charge in [0.05, 0.1) is 17.9 Å². The van der Waals surface area contributed by atoms with Crippen LogP contribution in [0.15, 0.2) is 30.3 Å². The lowest BCUT2D eigenvalue weighted by atomic mass is 9.89. The quantitative estimate of drug-likeness (QED) is 0.539. The van der Waals surface area contributed by atoms with E-state index < -0.39 is 5.60 Å². The average molecular weight is 588 g/mol. The summed E-state index contributed by atoms with van der Waals surface area (Å²) in [6.07, 6.45) is 1.54. The Labute approximate surface area is 247 Å². The number of amides is 1. The fraction of sp³-hybridized carbons (Fsp3) is 0.621. The number of nitrogen functional groups attached to an aromatic ring is 1. The summed E-state index contributed by atoms with van der Waals surface area (Å²) in [5.41, 5.74) is 7.37. The number of rotatable bonds is 6. The van der Waals surface area contributed by atoms with Gasteiger partial charge in [0.25, 0.3) is 0 Å². The highest BCUT2D eigenvalue weighted by atomic mass is 35.5. The monoisotopic (exact) mass is 587 g/mol. The van der Waals surface area contributed by atoms with Gasteiger partial charge in [0.15, 0.2) is 11.0 Å². The molecule has 0 atom stereocenters. The highest BCUT2D eigenvalue weighted by molar-refractivity contribution is 6.29. The molecule has 3 fully saturated rings. The minimum absolute atomic E-state index is 0.202. The number of carbonyl (C=O) groups is 1. The van der Waals surface area contributed by atoms with Gasteiger partial charge in [-0.3, -0.25) is 4.90 Å². The van der Waals surface area contributed by atoms with Crippen molar-refractivity contribution in [2.45, 2.75) is 44.8 Å². The van der Waals surface area contributed by atoms with Crippen LogP contribution in [0.5, 0.6) is 5.75 Å². The number of anilines is 3. The molecule has 4 heterocycles. The van der Waals surface area contributed by atoms with E-state index >= 15 is 0 Å². The Hall–Kier alpha value is -3.02. The molecule has 2 aromatic rings. The number of morpholine rings is 1. The first-order valence-electron chi connectivity index (χ1n) is 14.4. The smallest absolute Gasteiger partial charge is 0.410 e. The van der Waals surface area contributed by atoms with Crippen molar-refractivity contribution >= 4 is 34.9 Å². The van der Waals surface area contributed by atoms with Crippen molar-refractivity contribution < 1.29 is 19.0 Å². The second-order valence-electron chi connectivity index (χ2n) is 12.0. The zero-order valence-corrected chi connectivity index (χ0v) is 25.1. The van der Waals surface area contributed by atoms with Crippen LogP contribution in [-0.4, -0.2) is 109 Å². The summed E-state index contributed by atoms with van der Waals surface area (Å²) >= 11 is 6.07. The highest BCUT2D eigenvalue weighted by Gasteiger charge is 2.40. The molecule has 0 saturated carbocycles. The zero-order chi connectivity index (χ0) is 29.0. The second-order valence-corrected chi connectivity index (χ2v) is 12.4. The number of halogens is 1. The molecule has 0 aliphatic carbocycles. The second kappa shape index (κ2) is 12.5. The van der Waals surface area contributed by atoms with Crippen LogP contribution in [0.2, 0.25) is 5.15 Å². The standard InChI is InChI=1S/C29H42ClN7O4/c1-28(2,3)41-27(38)36-13-11-34(12-14-36)15-17-39-23-6-4-5-22(19-23)37-16-18-40-29(21-37)7-9-35(10-8-29)24-20-25(30)32-33-26(24)31/h4-6,19-20H,7-18,21H2,1-3H3,(H2,31,33). The summed E-state index contributed by atoms with van der Waals surface area (Å²) in [6.45, 7) is 14.0. The van der Waals surface area contributed by atoms with Crippen LogP contribution in [0.25, 0.3) is 0 Å². The van der Waals surface area contributed by atoms with Crippen molar-refractivity contribution in [1.29, 1.82) is 0 Å². The Bertz CT molecular complexity index is 1190. The minimum atomic E-state index is -0.474. The number of piperazine rings is 1. The molecular formula is C29H42ClN7O4. The van der Waals surface area contributed by atoms with Gasteiger partial charge in [0.1, 0.15) is 18.0 Å². The van der Waals surface area contributed by atoms with E-state index in [1.807, 2.05) is 26.8 Å². The van der Waals surface area contributed by atoms with E-state index in [1.54, 1.807) is 11.0 Å². The van der Waals surface area contributed by atoms with Crippen LogP contribution in [-0.2, 0) is 9.47 Å². The third-order valence-electron chi connectivity index (χ3n) is 7.92. The molecule has 1 aromatic heterocycles. The number of nitrogens with two attached hydrogens (primary N) is 1. The van der Waals surface area contributed by atoms with Crippen LogP contribution in [0.3, 0.4) is 0 Å². The third kappa shape index (κ3) is 7.64. The lowest BCUT2D eigenvalue weighted by Gasteiger charge is -2.48. The number of aromatic nitrogens is 2. The van der Waals surface area contributed by atoms with Crippen molar-refractivity contribution in [1.82, 2.24) is 20.0 Å². The van der Waals surface area contributed by atoms with Gasteiger partial charge < -0.3 is 34.6 Å². The molecule has 3 aliphatic heterocycles. The largest absolute Gasteiger partial charge is 0.492 e. The Morgan fingerprint density at radius 2 is 1.80 bits per heavy atom. The van der Waals surface area contributed by atoms with E-state index in [4.69, 9.17) is 31.5 Å². The van der Waals surface area contributed by atoms with Crippen molar-refractivity contribution in [3.05, 3.63) is 35.5 Å². The van der Waals surface area contributed by atoms with Crippen molar-refractivity contribution in [2.24, 2.45) is 0 Å². The summed E-state index contributed by atoms with van der Waals surface area (Å²) < 4.78 is 18.0. The van der Waals surface area contributed by atoms with Crippen LogP contribution in [0.1, 0.15) is 33.6 Å². The Morgan fingerprint density at radius 3 is 2.54 bits per heavy atom. The van der Waals surface area contributed by atoms with E-state index in [9.17, 15) is 4.79 Å². The Kier molecular flexibility index (Phi) is 8.96. The van der Waals surface area contributed by atoms with Gasteiger partial charge in [-0.25, -0.2) is 4.79 Å². The van der Waals surface area contributed by atoms with E-state index in [2.05, 4.69) is 43.1 Å². The van der Waals surface area contributed by atoms with E-state index in [-0.39, 0.29) is 11.7 Å². The third-order valence-corrected chi connectivity index (χ3v) is 8.10. The summed E-state index contributed by atoms with van der Waals surface area (Å²) in [5, 5.41) is 8.14. The van der Waals surface area contributed by atoms with Crippen LogP contribution in [0, 0.1) is 0 Å². The first-order valence-corrected chi connectivity index (χ1v) is 14.8. The fourth-order valence-electron chi connectivity index (χ4n) is 5.69. The molecule has 1 aromatic carbocycles. The van der Waals surface area contributed by atoms with Crippen LogP contribution >= 0.6 is 11.6 Å². The van der Waals surface area contributed by atoms with Crippen molar-refractivity contribution in [3.63, 3.8) is 0 Å². The SMILES string of the molecule is CC(C)(C)OC(=O)N1CCN(CCOc2cccc(N3CCOC4(CCN(c5cc(Cl)nnc5N)CC4)C3)c2)CC1. The topological polar surface area (TPSA) is 110 Å². The minimum Gasteiger partial charge on any atom is -0.492 e. The normalized spacial score (nSPS) is 19.9. The summed E-state index contributed by atoms with van der Waals surface area (Å²) in [7, 11) is 0. The molecule has 5 rings (SSSR count). The van der Waals surface area contributed by atoms with Gasteiger partial charge in [0.2, 0.25) is 0 Å². The molecule has 0 unspecified atom stereocenters. The van der Waals surface area contributed by atoms with E-state index in [0.717, 1.165) is 75.8 Å². The molecule has 1 spiro atoms. The van der Waals surface area contributed by atoms with Gasteiger partial charge >= 0.3 is 6.09 Å². The summed E-state index contributed by atoms with van der Waals surface area (Å²) in [6, 6.07) is 10.1. The molecule has 0 bridgehead atoms. The molecular weight excluding hydrogens is 546 g/mol. The lowest BCUT2D eigenvalue weighted by Crippen LogP contribution is -2.57. The van der Waals surface area contributed by atoms with Crippen LogP contribution < -0.4 is 20.3 Å². The Balaban J connectivity index is 1.09. The van der Waals surface area contributed by atoms with Gasteiger partial charge in [-0.15, -0.1) is 10.2 Å². The number of ether oxygens (including phenoxy) is 3. The van der Waals surface area contributed by atoms with E-state index in [0.29, 0.717) is 37.3 Å². The summed E-state index contributed by atoms with van der Waals surface area (Å²) in [4.78, 5) is 21.0. The van der Waals surface area contributed by atoms with Gasteiger partial charge in [-0.05, 0) is 45.7 Å². The van der Waals surface area contributed by atoms with Gasteiger partial charge in [-0.2, -0.15) is 0 Å². The Morgan fingerprint density at radius 1 is 1.05 bits per heavy atom. The summed E-state index contributed by atoms with van der Waals surface area (Å²) in [5.74, 6) is 1.26. The molecule has 3 saturated heterocycles. The van der Waals surface area contributed by atoms with Crippen molar-refractivity contribution in [2.75, 3.05) is 87.7 Å². The molecule has 41 heavy (non-hydrogen) atoms. The number of piperidine rings is 1. The number of hydrogen-bond donors (Lipinski definition) is 1. The number of nitrogens with zero attached hydrogens (tertiary/aromatic N) is 6. The fourth-order valence-corrected chi connectivity index (χ4v) is 5.83. The molecule has 12 heteroatoms.